The van der Waals surface area contributed by atoms with Crippen molar-refractivity contribution in [3.05, 3.63) is 23.3 Å². The van der Waals surface area contributed by atoms with Gasteiger partial charge in [-0.1, -0.05) is 41.5 Å². The second kappa shape index (κ2) is 3.14. The summed E-state index contributed by atoms with van der Waals surface area (Å²) in [4.78, 5) is 7.52. The summed E-state index contributed by atoms with van der Waals surface area (Å²) in [5.74, 6) is 0.494. The number of imidazole rings is 1. The van der Waals surface area contributed by atoms with Gasteiger partial charge in [0, 0.05) is 0 Å². The van der Waals surface area contributed by atoms with Gasteiger partial charge in [-0.15, -0.1) is 0 Å². The fourth-order valence-corrected chi connectivity index (χ4v) is 3.57. The largest absolute Gasteiger partial charge is 0.369 e. The molecule has 19 heavy (non-hydrogen) atoms. The zero-order chi connectivity index (χ0) is 14.2. The number of hydrogen-bond acceptors (Lipinski definition) is 2. The molecular formula is C16H23N3. The first kappa shape index (κ1) is 12.5. The lowest BCUT2D eigenvalue weighted by Gasteiger charge is -2.44. The van der Waals surface area contributed by atoms with Crippen molar-refractivity contribution in [2.24, 2.45) is 5.41 Å². The number of fused-ring (bicyclic) bond motifs is 2. The van der Waals surface area contributed by atoms with Crippen molar-refractivity contribution in [2.45, 2.75) is 52.4 Å². The van der Waals surface area contributed by atoms with Crippen LogP contribution in [0.3, 0.4) is 0 Å². The summed E-state index contributed by atoms with van der Waals surface area (Å²) in [6.45, 7) is 14.1. The van der Waals surface area contributed by atoms with Gasteiger partial charge in [0.25, 0.3) is 0 Å². The van der Waals surface area contributed by atoms with Crippen molar-refractivity contribution in [1.82, 2.24) is 9.97 Å². The van der Waals surface area contributed by atoms with Crippen molar-refractivity contribution >= 4 is 17.0 Å². The topological polar surface area (TPSA) is 54.7 Å². The lowest BCUT2D eigenvalue weighted by atomic mass is 9.59. The lowest BCUT2D eigenvalue weighted by molar-refractivity contribution is 0.125. The fourth-order valence-electron chi connectivity index (χ4n) is 3.57. The van der Waals surface area contributed by atoms with E-state index in [-0.39, 0.29) is 16.2 Å². The van der Waals surface area contributed by atoms with Crippen LogP contribution in [-0.2, 0) is 10.8 Å². The Morgan fingerprint density at radius 3 is 2.05 bits per heavy atom. The minimum atomic E-state index is 0.119. The Hall–Kier alpha value is -1.51. The molecule has 2 aromatic rings. The van der Waals surface area contributed by atoms with E-state index in [4.69, 9.17) is 5.73 Å². The van der Waals surface area contributed by atoms with Crippen LogP contribution in [0.5, 0.6) is 0 Å². The fraction of sp³-hybridized carbons (Fsp3) is 0.562. The maximum absolute atomic E-state index is 5.77. The van der Waals surface area contributed by atoms with E-state index >= 15 is 0 Å². The van der Waals surface area contributed by atoms with Crippen molar-refractivity contribution < 1.29 is 0 Å². The first-order valence-electron chi connectivity index (χ1n) is 6.89. The number of benzene rings is 1. The predicted octanol–water partition coefficient (Wildman–Crippen LogP) is 3.74. The molecule has 1 aromatic carbocycles. The van der Waals surface area contributed by atoms with E-state index in [1.54, 1.807) is 0 Å². The smallest absolute Gasteiger partial charge is 0.198 e. The van der Waals surface area contributed by atoms with Gasteiger partial charge in [-0.05, 0) is 39.5 Å². The number of aromatic nitrogens is 2. The molecule has 3 rings (SSSR count). The van der Waals surface area contributed by atoms with Gasteiger partial charge in [0.15, 0.2) is 5.95 Å². The molecular weight excluding hydrogens is 234 g/mol. The Balaban J connectivity index is 2.40. The first-order chi connectivity index (χ1) is 8.59. The van der Waals surface area contributed by atoms with Crippen LogP contribution in [0.2, 0.25) is 0 Å². The zero-order valence-corrected chi connectivity index (χ0v) is 12.7. The van der Waals surface area contributed by atoms with Gasteiger partial charge in [0.05, 0.1) is 11.0 Å². The number of nitrogens with one attached hydrogen (secondary N) is 1. The molecule has 1 aliphatic rings. The molecule has 1 aliphatic carbocycles. The maximum Gasteiger partial charge on any atom is 0.198 e. The quantitative estimate of drug-likeness (QED) is 0.755. The van der Waals surface area contributed by atoms with Crippen LogP contribution in [0.4, 0.5) is 5.95 Å². The monoisotopic (exact) mass is 257 g/mol. The summed E-state index contributed by atoms with van der Waals surface area (Å²) in [5.41, 5.74) is 11.0. The van der Waals surface area contributed by atoms with Crippen LogP contribution in [0, 0.1) is 5.41 Å². The molecule has 0 unspecified atom stereocenters. The van der Waals surface area contributed by atoms with Crippen molar-refractivity contribution in [3.8, 4) is 0 Å². The number of nitrogens with zero attached hydrogens (tertiary/aromatic N) is 1. The second-order valence-electron chi connectivity index (χ2n) is 7.41. The molecule has 0 bridgehead atoms. The van der Waals surface area contributed by atoms with Gasteiger partial charge >= 0.3 is 0 Å². The molecule has 1 aromatic heterocycles. The van der Waals surface area contributed by atoms with E-state index in [0.717, 1.165) is 11.0 Å². The molecule has 0 atom stereocenters. The summed E-state index contributed by atoms with van der Waals surface area (Å²) in [6, 6.07) is 4.46. The Kier molecular flexibility index (Phi) is 2.07. The Bertz CT molecular complexity index is 620. The highest BCUT2D eigenvalue weighted by Crippen LogP contribution is 2.61. The van der Waals surface area contributed by atoms with E-state index < -0.39 is 0 Å². The SMILES string of the molecule is CC1(C)c2cc3nc(N)[nH]c3cc2C(C)(C)C1(C)C. The van der Waals surface area contributed by atoms with Gasteiger partial charge in [0.1, 0.15) is 0 Å². The first-order valence-corrected chi connectivity index (χ1v) is 6.89. The molecule has 0 saturated carbocycles. The van der Waals surface area contributed by atoms with Crippen molar-refractivity contribution in [1.29, 1.82) is 0 Å². The summed E-state index contributed by atoms with van der Waals surface area (Å²) in [5, 5.41) is 0. The minimum Gasteiger partial charge on any atom is -0.369 e. The Labute approximate surface area is 114 Å². The van der Waals surface area contributed by atoms with E-state index in [1.165, 1.54) is 11.1 Å². The Morgan fingerprint density at radius 2 is 1.47 bits per heavy atom. The number of aromatic amines is 1. The molecule has 3 heteroatoms. The molecule has 0 spiro atoms. The van der Waals surface area contributed by atoms with E-state index in [2.05, 4.69) is 63.6 Å². The lowest BCUT2D eigenvalue weighted by Crippen LogP contribution is -2.42. The second-order valence-corrected chi connectivity index (χ2v) is 7.41. The van der Waals surface area contributed by atoms with Crippen LogP contribution >= 0.6 is 0 Å². The average Bonchev–Trinajstić information content (AvgIpc) is 2.68. The highest BCUT2D eigenvalue weighted by Gasteiger charge is 2.56. The van der Waals surface area contributed by atoms with Crippen LogP contribution < -0.4 is 5.73 Å². The third-order valence-corrected chi connectivity index (χ3v) is 6.11. The van der Waals surface area contributed by atoms with Gasteiger partial charge in [-0.3, -0.25) is 0 Å². The number of hydrogen-bond donors (Lipinski definition) is 2. The average molecular weight is 257 g/mol. The molecule has 0 radical (unpaired) electrons. The molecule has 1 heterocycles. The number of rotatable bonds is 0. The van der Waals surface area contributed by atoms with Crippen LogP contribution in [0.25, 0.3) is 11.0 Å². The molecule has 3 nitrogen and oxygen atoms in total. The number of H-pyrrole nitrogens is 1. The zero-order valence-electron chi connectivity index (χ0n) is 12.7. The van der Waals surface area contributed by atoms with Crippen molar-refractivity contribution in [2.75, 3.05) is 5.73 Å². The number of nitrogens with two attached hydrogens (primary N) is 1. The van der Waals surface area contributed by atoms with Crippen LogP contribution in [0.15, 0.2) is 12.1 Å². The predicted molar refractivity (Wildman–Crippen MR) is 80.3 cm³/mol. The summed E-state index contributed by atoms with van der Waals surface area (Å²) in [6.07, 6.45) is 0. The summed E-state index contributed by atoms with van der Waals surface area (Å²) in [7, 11) is 0. The van der Waals surface area contributed by atoms with E-state index in [1.807, 2.05) is 0 Å². The Morgan fingerprint density at radius 1 is 0.947 bits per heavy atom. The van der Waals surface area contributed by atoms with Gasteiger partial charge in [-0.2, -0.15) is 0 Å². The van der Waals surface area contributed by atoms with Crippen LogP contribution in [0.1, 0.15) is 52.7 Å². The van der Waals surface area contributed by atoms with Gasteiger partial charge < -0.3 is 10.7 Å². The highest BCUT2D eigenvalue weighted by molar-refractivity contribution is 5.81. The van der Waals surface area contributed by atoms with Gasteiger partial charge in [-0.25, -0.2) is 4.98 Å². The maximum atomic E-state index is 5.77. The number of anilines is 1. The van der Waals surface area contributed by atoms with E-state index in [0.29, 0.717) is 5.95 Å². The third-order valence-electron chi connectivity index (χ3n) is 6.11. The molecule has 0 amide bonds. The molecule has 0 fully saturated rings. The van der Waals surface area contributed by atoms with Gasteiger partial charge in [0.2, 0.25) is 0 Å². The molecule has 102 valence electrons. The van der Waals surface area contributed by atoms with Crippen LogP contribution in [-0.4, -0.2) is 9.97 Å². The third kappa shape index (κ3) is 1.26. The summed E-state index contributed by atoms with van der Waals surface area (Å²) < 4.78 is 0. The standard InChI is InChI=1S/C16H23N3/c1-14(2)9-7-11-12(19-13(17)18-11)8-10(9)15(3,4)16(14,5)6/h7-8H,1-6H3,(H3,17,18,19). The van der Waals surface area contributed by atoms with E-state index in [9.17, 15) is 0 Å². The highest BCUT2D eigenvalue weighted by atomic mass is 15.0. The molecule has 0 aliphatic heterocycles. The molecule has 3 N–H and O–H groups in total. The number of nitrogen functional groups attached to an aromatic ring is 1. The molecule has 0 saturated heterocycles. The normalized spacial score (nSPS) is 22.6. The summed E-state index contributed by atoms with van der Waals surface area (Å²) >= 11 is 0. The van der Waals surface area contributed by atoms with Crippen molar-refractivity contribution in [3.63, 3.8) is 0 Å². The minimum absolute atomic E-state index is 0.119.